The van der Waals surface area contributed by atoms with Crippen molar-refractivity contribution in [3.05, 3.63) is 58.6 Å². The van der Waals surface area contributed by atoms with Gasteiger partial charge >= 0.3 is 5.69 Å². The Balaban J connectivity index is 1.89. The molecule has 150 valence electrons. The number of nitrogens with one attached hydrogen (secondary N) is 1. The van der Waals surface area contributed by atoms with Crippen LogP contribution in [0, 0.1) is 0 Å². The van der Waals surface area contributed by atoms with E-state index in [0.717, 1.165) is 23.9 Å². The van der Waals surface area contributed by atoms with Gasteiger partial charge in [-0.1, -0.05) is 20.8 Å². The van der Waals surface area contributed by atoms with E-state index in [0.29, 0.717) is 22.6 Å². The molecule has 3 N–H and O–H groups in total. The van der Waals surface area contributed by atoms with E-state index in [4.69, 9.17) is 0 Å². The Bertz CT molecular complexity index is 1250. The van der Waals surface area contributed by atoms with Crippen LogP contribution in [0.1, 0.15) is 38.7 Å². The molecule has 0 fully saturated rings. The SMILES string of the molecule is CCCn1ccc2cc(-n3c(-c4cc(C(C)C)c(O)cc4O)n[nH]c3=O)ccc21. The zero-order valence-electron chi connectivity index (χ0n) is 16.7. The summed E-state index contributed by atoms with van der Waals surface area (Å²) in [4.78, 5) is 12.6. The van der Waals surface area contributed by atoms with Gasteiger partial charge in [-0.05, 0) is 48.2 Å². The van der Waals surface area contributed by atoms with Gasteiger partial charge in [-0.3, -0.25) is 0 Å². The molecule has 4 aromatic rings. The number of aromatic hydroxyl groups is 2. The first-order chi connectivity index (χ1) is 13.9. The topological polar surface area (TPSA) is 96.1 Å². The van der Waals surface area contributed by atoms with Gasteiger partial charge in [-0.25, -0.2) is 14.5 Å². The average molecular weight is 392 g/mol. The molecule has 2 aromatic carbocycles. The van der Waals surface area contributed by atoms with Gasteiger partial charge in [0.2, 0.25) is 0 Å². The van der Waals surface area contributed by atoms with Gasteiger partial charge in [0.15, 0.2) is 5.82 Å². The minimum absolute atomic E-state index is 0.0179. The molecule has 0 atom stereocenters. The Morgan fingerprint density at radius 2 is 1.90 bits per heavy atom. The molecule has 2 aromatic heterocycles. The number of hydrogen-bond donors (Lipinski definition) is 3. The van der Waals surface area contributed by atoms with Crippen molar-refractivity contribution in [1.29, 1.82) is 0 Å². The molecule has 0 bridgehead atoms. The van der Waals surface area contributed by atoms with Crippen LogP contribution < -0.4 is 5.69 Å². The van der Waals surface area contributed by atoms with Crippen LogP contribution in [0.2, 0.25) is 0 Å². The van der Waals surface area contributed by atoms with Crippen molar-refractivity contribution in [1.82, 2.24) is 19.3 Å². The molecule has 0 unspecified atom stereocenters. The Kier molecular flexibility index (Phi) is 4.66. The molecular formula is C22H24N4O3. The first kappa shape index (κ1) is 18.9. The van der Waals surface area contributed by atoms with E-state index in [1.165, 1.54) is 10.6 Å². The van der Waals surface area contributed by atoms with E-state index < -0.39 is 5.69 Å². The summed E-state index contributed by atoms with van der Waals surface area (Å²) in [6.07, 6.45) is 3.08. The third-order valence-corrected chi connectivity index (χ3v) is 5.16. The van der Waals surface area contributed by atoms with Crippen molar-refractivity contribution in [2.45, 2.75) is 39.7 Å². The summed E-state index contributed by atoms with van der Waals surface area (Å²) >= 11 is 0. The second kappa shape index (κ2) is 7.16. The van der Waals surface area contributed by atoms with Crippen LogP contribution in [-0.4, -0.2) is 29.5 Å². The number of hydrogen-bond acceptors (Lipinski definition) is 4. The van der Waals surface area contributed by atoms with Crippen molar-refractivity contribution in [2.24, 2.45) is 0 Å². The largest absolute Gasteiger partial charge is 0.508 e. The lowest BCUT2D eigenvalue weighted by Gasteiger charge is -2.13. The number of aromatic nitrogens is 4. The van der Waals surface area contributed by atoms with Gasteiger partial charge in [0, 0.05) is 29.7 Å². The molecule has 0 aliphatic heterocycles. The maximum absolute atomic E-state index is 12.6. The zero-order valence-corrected chi connectivity index (χ0v) is 16.7. The van der Waals surface area contributed by atoms with Crippen molar-refractivity contribution in [2.75, 3.05) is 0 Å². The number of fused-ring (bicyclic) bond motifs is 1. The fourth-order valence-corrected chi connectivity index (χ4v) is 3.72. The monoisotopic (exact) mass is 392 g/mol. The summed E-state index contributed by atoms with van der Waals surface area (Å²) in [5.41, 5.74) is 2.41. The van der Waals surface area contributed by atoms with Gasteiger partial charge in [0.25, 0.3) is 0 Å². The summed E-state index contributed by atoms with van der Waals surface area (Å²) in [5, 5.41) is 28.2. The average Bonchev–Trinajstić information content (AvgIpc) is 3.25. The Morgan fingerprint density at radius 1 is 1.10 bits per heavy atom. The lowest BCUT2D eigenvalue weighted by atomic mass is 9.98. The first-order valence-corrected chi connectivity index (χ1v) is 9.73. The first-order valence-electron chi connectivity index (χ1n) is 9.73. The Labute approximate surface area is 167 Å². The van der Waals surface area contributed by atoms with Crippen LogP contribution in [0.25, 0.3) is 28.0 Å². The highest BCUT2D eigenvalue weighted by Gasteiger charge is 2.19. The molecule has 0 spiro atoms. The molecule has 29 heavy (non-hydrogen) atoms. The van der Waals surface area contributed by atoms with Crippen molar-refractivity contribution < 1.29 is 10.2 Å². The van der Waals surface area contributed by atoms with E-state index in [2.05, 4.69) is 21.7 Å². The summed E-state index contributed by atoms with van der Waals surface area (Å²) in [5.74, 6) is 0.219. The molecule has 0 amide bonds. The Hall–Kier alpha value is -3.48. The van der Waals surface area contributed by atoms with Crippen LogP contribution in [0.15, 0.2) is 47.4 Å². The summed E-state index contributed by atoms with van der Waals surface area (Å²) in [6.45, 7) is 6.96. The lowest BCUT2D eigenvalue weighted by molar-refractivity contribution is 0.444. The molecule has 2 heterocycles. The lowest BCUT2D eigenvalue weighted by Crippen LogP contribution is -2.15. The second-order valence-electron chi connectivity index (χ2n) is 7.52. The minimum Gasteiger partial charge on any atom is -0.508 e. The number of H-pyrrole nitrogens is 1. The van der Waals surface area contributed by atoms with E-state index >= 15 is 0 Å². The number of aryl methyl sites for hydroxylation is 1. The molecule has 0 saturated heterocycles. The third kappa shape index (κ3) is 3.18. The van der Waals surface area contributed by atoms with Gasteiger partial charge in [0.1, 0.15) is 11.5 Å². The maximum atomic E-state index is 12.6. The van der Waals surface area contributed by atoms with Crippen molar-refractivity contribution in [3.63, 3.8) is 0 Å². The fraction of sp³-hybridized carbons (Fsp3) is 0.273. The number of benzene rings is 2. The highest BCUT2D eigenvalue weighted by molar-refractivity contribution is 5.83. The van der Waals surface area contributed by atoms with E-state index in [1.54, 1.807) is 6.07 Å². The summed E-state index contributed by atoms with van der Waals surface area (Å²) in [7, 11) is 0. The number of rotatable bonds is 5. The van der Waals surface area contributed by atoms with Crippen molar-refractivity contribution in [3.8, 4) is 28.6 Å². The highest BCUT2D eigenvalue weighted by Crippen LogP contribution is 2.37. The van der Waals surface area contributed by atoms with Gasteiger partial charge < -0.3 is 14.8 Å². The number of phenols is 2. The number of nitrogens with zero attached hydrogens (tertiary/aromatic N) is 3. The Morgan fingerprint density at radius 3 is 2.62 bits per heavy atom. The maximum Gasteiger partial charge on any atom is 0.348 e. The van der Waals surface area contributed by atoms with Gasteiger partial charge in [-0.2, -0.15) is 5.10 Å². The highest BCUT2D eigenvalue weighted by atomic mass is 16.3. The van der Waals surface area contributed by atoms with Crippen LogP contribution in [0.4, 0.5) is 0 Å². The molecule has 7 nitrogen and oxygen atoms in total. The smallest absolute Gasteiger partial charge is 0.348 e. The molecule has 0 radical (unpaired) electrons. The van der Waals surface area contributed by atoms with E-state index in [-0.39, 0.29) is 17.4 Å². The zero-order chi connectivity index (χ0) is 20.7. The quantitative estimate of drug-likeness (QED) is 0.476. The molecule has 0 aliphatic rings. The predicted octanol–water partition coefficient (Wildman–Crippen LogP) is 4.13. The normalized spacial score (nSPS) is 11.6. The van der Waals surface area contributed by atoms with Crippen LogP contribution in [-0.2, 0) is 6.54 Å². The molecular weight excluding hydrogens is 368 g/mol. The van der Waals surface area contributed by atoms with Crippen LogP contribution in [0.3, 0.4) is 0 Å². The molecule has 0 aliphatic carbocycles. The van der Waals surface area contributed by atoms with E-state index in [9.17, 15) is 15.0 Å². The van der Waals surface area contributed by atoms with Crippen molar-refractivity contribution >= 4 is 10.9 Å². The molecule has 7 heteroatoms. The number of phenolic OH excluding ortho intramolecular Hbond substituents is 2. The van der Waals surface area contributed by atoms with Gasteiger partial charge in [-0.15, -0.1) is 0 Å². The molecule has 0 saturated carbocycles. The predicted molar refractivity (Wildman–Crippen MR) is 113 cm³/mol. The fourth-order valence-electron chi connectivity index (χ4n) is 3.72. The van der Waals surface area contributed by atoms with Crippen LogP contribution >= 0.6 is 0 Å². The summed E-state index contributed by atoms with van der Waals surface area (Å²) in [6, 6.07) is 10.8. The number of aromatic amines is 1. The van der Waals surface area contributed by atoms with Gasteiger partial charge in [0.05, 0.1) is 11.3 Å². The third-order valence-electron chi connectivity index (χ3n) is 5.16. The second-order valence-corrected chi connectivity index (χ2v) is 7.52. The minimum atomic E-state index is -0.397. The standard InChI is InChI=1S/C22H24N4O3/c1-4-8-25-9-7-14-10-15(5-6-18(14)25)26-21(23-24-22(26)29)17-11-16(13(2)3)19(27)12-20(17)28/h5-7,9-13,27-28H,4,8H2,1-3H3,(H,24,29). The van der Waals surface area contributed by atoms with E-state index in [1.807, 2.05) is 44.3 Å². The van der Waals surface area contributed by atoms with Crippen LogP contribution in [0.5, 0.6) is 11.5 Å². The summed E-state index contributed by atoms with van der Waals surface area (Å²) < 4.78 is 3.62. The molecule has 4 rings (SSSR count).